The molecule has 0 aliphatic heterocycles. The van der Waals surface area contributed by atoms with Gasteiger partial charge in [0.15, 0.2) is 5.16 Å². The summed E-state index contributed by atoms with van der Waals surface area (Å²) in [5.74, 6) is 0.564. The summed E-state index contributed by atoms with van der Waals surface area (Å²) in [5.41, 5.74) is 0.527. The fourth-order valence-corrected chi connectivity index (χ4v) is 2.06. The number of aromatic nitrogens is 3. The minimum Gasteiger partial charge on any atom is -0.290 e. The van der Waals surface area contributed by atoms with Gasteiger partial charge in [0.25, 0.3) is 0 Å². The van der Waals surface area contributed by atoms with Gasteiger partial charge in [-0.1, -0.05) is 55.9 Å². The number of aromatic amines is 1. The van der Waals surface area contributed by atoms with Crippen molar-refractivity contribution in [2.45, 2.75) is 24.3 Å². The molecule has 0 atom stereocenters. The molecule has 0 bridgehead atoms. The van der Waals surface area contributed by atoms with Crippen molar-refractivity contribution in [3.05, 3.63) is 40.8 Å². The smallest absolute Gasteiger partial charge is 0.290 e. The van der Waals surface area contributed by atoms with E-state index >= 15 is 0 Å². The Balaban J connectivity index is 2.42. The fraction of sp³-hybridized carbons (Fsp3) is 0.250. The number of H-pyrrole nitrogens is 1. The molecule has 1 N–H and O–H groups in total. The Hall–Kier alpha value is -1.62. The quantitative estimate of drug-likeness (QED) is 0.846. The van der Waals surface area contributed by atoms with Crippen LogP contribution in [0.5, 0.6) is 0 Å². The lowest BCUT2D eigenvalue weighted by Gasteiger charge is -2.04. The van der Waals surface area contributed by atoms with Crippen molar-refractivity contribution in [1.29, 1.82) is 0 Å². The first kappa shape index (κ1) is 11.9. The molecule has 0 radical (unpaired) electrons. The second-order valence-electron chi connectivity index (χ2n) is 3.82. The standard InChI is InChI=1S/C12H13N3OS/c1-8(2)17-12-14-10(13-11(16)15-12)9-6-4-3-5-7-9/h3-8H,1-2H3,(H,13,14,15,16). The van der Waals surface area contributed by atoms with E-state index in [1.165, 1.54) is 11.8 Å². The van der Waals surface area contributed by atoms with E-state index in [0.29, 0.717) is 16.2 Å². The van der Waals surface area contributed by atoms with Crippen molar-refractivity contribution in [3.8, 4) is 11.4 Å². The summed E-state index contributed by atoms with van der Waals surface area (Å²) in [6, 6.07) is 9.55. The third kappa shape index (κ3) is 3.17. The largest absolute Gasteiger partial charge is 0.349 e. The molecule has 0 saturated carbocycles. The first-order valence-electron chi connectivity index (χ1n) is 5.35. The van der Waals surface area contributed by atoms with Gasteiger partial charge >= 0.3 is 5.69 Å². The van der Waals surface area contributed by atoms with Gasteiger partial charge in [0.2, 0.25) is 0 Å². The molecule has 17 heavy (non-hydrogen) atoms. The van der Waals surface area contributed by atoms with Crippen LogP contribution in [-0.2, 0) is 0 Å². The minimum atomic E-state index is -0.359. The first-order chi connectivity index (χ1) is 8.15. The van der Waals surface area contributed by atoms with E-state index < -0.39 is 0 Å². The molecule has 2 rings (SSSR count). The summed E-state index contributed by atoms with van der Waals surface area (Å²) in [4.78, 5) is 22.3. The molecule has 0 saturated heterocycles. The lowest BCUT2D eigenvalue weighted by atomic mass is 10.2. The van der Waals surface area contributed by atoms with Crippen LogP contribution in [0.4, 0.5) is 0 Å². The molecule has 0 aliphatic carbocycles. The van der Waals surface area contributed by atoms with Gasteiger partial charge in [-0.2, -0.15) is 4.98 Å². The van der Waals surface area contributed by atoms with Gasteiger partial charge in [-0.25, -0.2) is 9.78 Å². The van der Waals surface area contributed by atoms with E-state index in [4.69, 9.17) is 0 Å². The van der Waals surface area contributed by atoms with E-state index in [2.05, 4.69) is 15.0 Å². The van der Waals surface area contributed by atoms with Crippen molar-refractivity contribution in [2.24, 2.45) is 0 Å². The second-order valence-corrected chi connectivity index (χ2v) is 5.36. The Morgan fingerprint density at radius 2 is 1.88 bits per heavy atom. The Labute approximate surface area is 104 Å². The van der Waals surface area contributed by atoms with E-state index in [1.54, 1.807) is 0 Å². The van der Waals surface area contributed by atoms with Crippen molar-refractivity contribution >= 4 is 11.8 Å². The highest BCUT2D eigenvalue weighted by Crippen LogP contribution is 2.19. The van der Waals surface area contributed by atoms with Crippen molar-refractivity contribution in [2.75, 3.05) is 0 Å². The highest BCUT2D eigenvalue weighted by Gasteiger charge is 2.07. The summed E-state index contributed by atoms with van der Waals surface area (Å²) in [6.07, 6.45) is 0. The first-order valence-corrected chi connectivity index (χ1v) is 6.23. The molecule has 2 aromatic rings. The van der Waals surface area contributed by atoms with Crippen molar-refractivity contribution < 1.29 is 0 Å². The van der Waals surface area contributed by atoms with Gasteiger partial charge in [0.1, 0.15) is 5.82 Å². The zero-order valence-electron chi connectivity index (χ0n) is 9.68. The molecule has 1 heterocycles. The average molecular weight is 247 g/mol. The van der Waals surface area contributed by atoms with Crippen LogP contribution in [0.15, 0.2) is 40.3 Å². The van der Waals surface area contributed by atoms with Crippen LogP contribution < -0.4 is 5.69 Å². The van der Waals surface area contributed by atoms with Crippen LogP contribution in [0, 0.1) is 0 Å². The lowest BCUT2D eigenvalue weighted by molar-refractivity contribution is 0.865. The van der Waals surface area contributed by atoms with Crippen LogP contribution in [0.25, 0.3) is 11.4 Å². The third-order valence-corrected chi connectivity index (χ3v) is 2.88. The molecule has 0 amide bonds. The monoisotopic (exact) mass is 247 g/mol. The molecule has 4 nitrogen and oxygen atoms in total. The zero-order chi connectivity index (χ0) is 12.3. The Morgan fingerprint density at radius 3 is 2.53 bits per heavy atom. The number of rotatable bonds is 3. The van der Waals surface area contributed by atoms with E-state index in [1.807, 2.05) is 44.2 Å². The van der Waals surface area contributed by atoms with Crippen molar-refractivity contribution in [1.82, 2.24) is 15.0 Å². The predicted octanol–water partition coefficient (Wildman–Crippen LogP) is 2.33. The van der Waals surface area contributed by atoms with E-state index in [-0.39, 0.29) is 5.69 Å². The summed E-state index contributed by atoms with van der Waals surface area (Å²) in [5, 5.41) is 0.864. The Morgan fingerprint density at radius 1 is 1.18 bits per heavy atom. The van der Waals surface area contributed by atoms with Gasteiger partial charge in [-0.15, -0.1) is 0 Å². The van der Waals surface area contributed by atoms with Gasteiger partial charge in [-0.05, 0) is 0 Å². The molecule has 5 heteroatoms. The second kappa shape index (κ2) is 5.14. The topological polar surface area (TPSA) is 58.6 Å². The molecular weight excluding hydrogens is 234 g/mol. The molecule has 0 aliphatic rings. The van der Waals surface area contributed by atoms with Crippen LogP contribution in [0.1, 0.15) is 13.8 Å². The lowest BCUT2D eigenvalue weighted by Crippen LogP contribution is -2.14. The normalized spacial score (nSPS) is 10.8. The van der Waals surface area contributed by atoms with Crippen LogP contribution in [0.2, 0.25) is 0 Å². The SMILES string of the molecule is CC(C)Sc1nc(-c2ccccc2)[nH]c(=O)n1. The number of nitrogens with zero attached hydrogens (tertiary/aromatic N) is 2. The Bertz CT molecular complexity index is 551. The summed E-state index contributed by atoms with van der Waals surface area (Å²) in [7, 11) is 0. The summed E-state index contributed by atoms with van der Waals surface area (Å²) in [6.45, 7) is 4.08. The van der Waals surface area contributed by atoms with Crippen LogP contribution in [-0.4, -0.2) is 20.2 Å². The molecule has 0 fully saturated rings. The zero-order valence-corrected chi connectivity index (χ0v) is 10.5. The molecule has 0 spiro atoms. The molecule has 1 aromatic heterocycles. The van der Waals surface area contributed by atoms with Crippen LogP contribution >= 0.6 is 11.8 Å². The number of thioether (sulfide) groups is 1. The fourth-order valence-electron chi connectivity index (χ4n) is 1.36. The molecule has 1 aromatic carbocycles. The Kier molecular flexibility index (Phi) is 3.58. The highest BCUT2D eigenvalue weighted by atomic mass is 32.2. The van der Waals surface area contributed by atoms with Gasteiger partial charge in [0, 0.05) is 10.8 Å². The highest BCUT2D eigenvalue weighted by molar-refractivity contribution is 7.99. The third-order valence-electron chi connectivity index (χ3n) is 2.02. The summed E-state index contributed by atoms with van der Waals surface area (Å²) < 4.78 is 0. The van der Waals surface area contributed by atoms with E-state index in [9.17, 15) is 4.79 Å². The predicted molar refractivity (Wildman–Crippen MR) is 69.1 cm³/mol. The van der Waals surface area contributed by atoms with Crippen LogP contribution in [0.3, 0.4) is 0 Å². The van der Waals surface area contributed by atoms with E-state index in [0.717, 1.165) is 5.56 Å². The van der Waals surface area contributed by atoms with Gasteiger partial charge in [0.05, 0.1) is 0 Å². The van der Waals surface area contributed by atoms with Crippen molar-refractivity contribution in [3.63, 3.8) is 0 Å². The molecule has 88 valence electrons. The maximum absolute atomic E-state index is 11.4. The maximum Gasteiger partial charge on any atom is 0.349 e. The molecule has 0 unspecified atom stereocenters. The number of hydrogen-bond acceptors (Lipinski definition) is 4. The number of benzene rings is 1. The van der Waals surface area contributed by atoms with Gasteiger partial charge < -0.3 is 0 Å². The maximum atomic E-state index is 11.4. The average Bonchev–Trinajstić information content (AvgIpc) is 2.28. The molecular formula is C12H13N3OS. The number of nitrogens with one attached hydrogen (secondary N) is 1. The summed E-state index contributed by atoms with van der Waals surface area (Å²) >= 11 is 1.48. The van der Waals surface area contributed by atoms with Gasteiger partial charge in [-0.3, -0.25) is 4.98 Å². The number of hydrogen-bond donors (Lipinski definition) is 1. The minimum absolute atomic E-state index is 0.348.